The van der Waals surface area contributed by atoms with E-state index in [1.165, 1.54) is 25.7 Å². The minimum Gasteiger partial charge on any atom is -0.368 e. The van der Waals surface area contributed by atoms with Crippen LogP contribution in [0.4, 0.5) is 5.82 Å². The van der Waals surface area contributed by atoms with Crippen molar-refractivity contribution in [1.82, 2.24) is 14.5 Å². The minimum absolute atomic E-state index is 0.535. The molecule has 1 saturated carbocycles. The highest BCUT2D eigenvalue weighted by molar-refractivity contribution is 5.85. The van der Waals surface area contributed by atoms with Gasteiger partial charge in [-0.05, 0) is 30.7 Å². The van der Waals surface area contributed by atoms with Crippen LogP contribution in [0.5, 0.6) is 0 Å². The van der Waals surface area contributed by atoms with Gasteiger partial charge in [0.1, 0.15) is 5.52 Å². The second-order valence-electron chi connectivity index (χ2n) is 5.49. The van der Waals surface area contributed by atoms with Crippen LogP contribution in [0.25, 0.3) is 11.0 Å². The third-order valence-electron chi connectivity index (χ3n) is 4.01. The Balaban J connectivity index is 1.79. The van der Waals surface area contributed by atoms with Gasteiger partial charge in [-0.25, -0.2) is 9.97 Å². The Bertz CT molecular complexity index is 554. The highest BCUT2D eigenvalue weighted by Gasteiger charge is 2.41. The Hall–Kier alpha value is -1.58. The maximum Gasteiger partial charge on any atom is 0.154 e. The lowest BCUT2D eigenvalue weighted by atomic mass is 10.0. The Labute approximate surface area is 107 Å². The van der Waals surface area contributed by atoms with Gasteiger partial charge in [0, 0.05) is 19.8 Å². The average molecular weight is 244 g/mol. The molecule has 96 valence electrons. The van der Waals surface area contributed by atoms with Crippen LogP contribution in [0.2, 0.25) is 0 Å². The molecule has 1 aliphatic rings. The van der Waals surface area contributed by atoms with Gasteiger partial charge < -0.3 is 9.88 Å². The molecule has 0 aliphatic heterocycles. The Morgan fingerprint density at radius 1 is 1.39 bits per heavy atom. The molecule has 0 bridgehead atoms. The number of anilines is 1. The number of aryl methyl sites for hydroxylation is 1. The van der Waals surface area contributed by atoms with E-state index in [4.69, 9.17) is 0 Å². The molecule has 1 fully saturated rings. The Morgan fingerprint density at radius 3 is 2.94 bits per heavy atom. The number of hydrogen-bond acceptors (Lipinski definition) is 3. The number of nitrogens with zero attached hydrogens (tertiary/aromatic N) is 3. The molecule has 0 atom stereocenters. The highest BCUT2D eigenvalue weighted by atomic mass is 15.1. The largest absolute Gasteiger partial charge is 0.368 e. The molecule has 0 saturated heterocycles. The van der Waals surface area contributed by atoms with Gasteiger partial charge >= 0.3 is 0 Å². The lowest BCUT2D eigenvalue weighted by Crippen LogP contribution is -2.16. The van der Waals surface area contributed by atoms with Gasteiger partial charge in [0.25, 0.3) is 0 Å². The quantitative estimate of drug-likeness (QED) is 0.879. The first-order chi connectivity index (χ1) is 8.74. The second kappa shape index (κ2) is 4.26. The Morgan fingerprint density at radius 2 is 2.22 bits per heavy atom. The van der Waals surface area contributed by atoms with E-state index < -0.39 is 0 Å². The first-order valence-electron chi connectivity index (χ1n) is 6.74. The fourth-order valence-electron chi connectivity index (χ4n) is 2.69. The van der Waals surface area contributed by atoms with Crippen LogP contribution in [0.15, 0.2) is 18.6 Å². The topological polar surface area (TPSA) is 42.7 Å². The molecule has 18 heavy (non-hydrogen) atoms. The van der Waals surface area contributed by atoms with Crippen LogP contribution in [-0.4, -0.2) is 21.1 Å². The summed E-state index contributed by atoms with van der Waals surface area (Å²) in [5.74, 6) is 0.926. The van der Waals surface area contributed by atoms with Crippen LogP contribution < -0.4 is 5.32 Å². The monoisotopic (exact) mass is 244 g/mol. The fraction of sp³-hybridized carbons (Fsp3) is 0.571. The number of hydrogen-bond donors (Lipinski definition) is 1. The van der Waals surface area contributed by atoms with E-state index in [9.17, 15) is 0 Å². The minimum atomic E-state index is 0.535. The van der Waals surface area contributed by atoms with Crippen molar-refractivity contribution in [2.75, 3.05) is 11.9 Å². The van der Waals surface area contributed by atoms with Crippen molar-refractivity contribution in [3.05, 3.63) is 18.6 Å². The first kappa shape index (κ1) is 11.5. The van der Waals surface area contributed by atoms with Crippen molar-refractivity contribution in [1.29, 1.82) is 0 Å². The van der Waals surface area contributed by atoms with Gasteiger partial charge in [-0.3, -0.25) is 0 Å². The average Bonchev–Trinajstić information content (AvgIpc) is 3.04. The summed E-state index contributed by atoms with van der Waals surface area (Å²) in [4.78, 5) is 8.85. The molecule has 2 aromatic heterocycles. The summed E-state index contributed by atoms with van der Waals surface area (Å²) < 4.78 is 2.03. The van der Waals surface area contributed by atoms with Gasteiger partial charge in [0.05, 0.1) is 11.8 Å². The van der Waals surface area contributed by atoms with Gasteiger partial charge in [0.15, 0.2) is 5.82 Å². The zero-order chi connectivity index (χ0) is 12.6. The maximum absolute atomic E-state index is 4.42. The number of pyridine rings is 1. The molecule has 3 rings (SSSR count). The van der Waals surface area contributed by atoms with Crippen LogP contribution in [0, 0.1) is 5.41 Å². The van der Waals surface area contributed by atoms with Crippen molar-refractivity contribution in [3.8, 4) is 0 Å². The van der Waals surface area contributed by atoms with Crippen LogP contribution in [0.3, 0.4) is 0 Å². The standard InChI is InChI=1S/C14H20N4/c1-3-5-14(6-7-14)9-16-13-12-11(4-8-15-13)18(2)10-17-12/h4,8,10H,3,5-7,9H2,1-2H3,(H,15,16). The van der Waals surface area contributed by atoms with E-state index in [2.05, 4.69) is 22.2 Å². The lowest BCUT2D eigenvalue weighted by molar-refractivity contribution is 0.485. The number of imidazole rings is 1. The zero-order valence-electron chi connectivity index (χ0n) is 11.1. The summed E-state index contributed by atoms with van der Waals surface area (Å²) in [6.45, 7) is 3.29. The summed E-state index contributed by atoms with van der Waals surface area (Å²) in [5.41, 5.74) is 2.65. The van der Waals surface area contributed by atoms with Crippen LogP contribution in [0.1, 0.15) is 32.6 Å². The first-order valence-corrected chi connectivity index (χ1v) is 6.74. The van der Waals surface area contributed by atoms with E-state index in [0.717, 1.165) is 23.4 Å². The van der Waals surface area contributed by atoms with E-state index >= 15 is 0 Å². The molecule has 2 aromatic rings. The summed E-state index contributed by atoms with van der Waals surface area (Å²) in [6.07, 6.45) is 8.99. The zero-order valence-corrected chi connectivity index (χ0v) is 11.1. The molecule has 2 heterocycles. The predicted molar refractivity (Wildman–Crippen MR) is 73.6 cm³/mol. The molecule has 1 N–H and O–H groups in total. The molecule has 0 unspecified atom stereocenters. The van der Waals surface area contributed by atoms with Crippen LogP contribution in [-0.2, 0) is 7.05 Å². The smallest absolute Gasteiger partial charge is 0.154 e. The SMILES string of the molecule is CCCC1(CNc2nccc3c2ncn3C)CC1. The molecular weight excluding hydrogens is 224 g/mol. The molecule has 4 heteroatoms. The summed E-state index contributed by atoms with van der Waals surface area (Å²) in [5, 5.41) is 3.50. The second-order valence-corrected chi connectivity index (χ2v) is 5.49. The normalized spacial score (nSPS) is 17.0. The maximum atomic E-state index is 4.42. The van der Waals surface area contributed by atoms with Crippen molar-refractivity contribution >= 4 is 16.9 Å². The third-order valence-corrected chi connectivity index (χ3v) is 4.01. The molecular formula is C14H20N4. The molecule has 4 nitrogen and oxygen atoms in total. The summed E-state index contributed by atoms with van der Waals surface area (Å²) in [6, 6.07) is 2.01. The van der Waals surface area contributed by atoms with Crippen molar-refractivity contribution in [3.63, 3.8) is 0 Å². The highest BCUT2D eigenvalue weighted by Crippen LogP contribution is 2.49. The molecule has 0 aromatic carbocycles. The van der Waals surface area contributed by atoms with E-state index in [1.807, 2.05) is 30.2 Å². The number of rotatable bonds is 5. The summed E-state index contributed by atoms with van der Waals surface area (Å²) >= 11 is 0. The predicted octanol–water partition coefficient (Wildman–Crippen LogP) is 2.96. The van der Waals surface area contributed by atoms with Gasteiger partial charge in [-0.1, -0.05) is 13.3 Å². The van der Waals surface area contributed by atoms with Crippen molar-refractivity contribution in [2.45, 2.75) is 32.6 Å². The Kier molecular flexibility index (Phi) is 2.73. The lowest BCUT2D eigenvalue weighted by Gasteiger charge is -2.15. The molecule has 0 radical (unpaired) electrons. The number of nitrogens with one attached hydrogen (secondary N) is 1. The van der Waals surface area contributed by atoms with Crippen molar-refractivity contribution in [2.24, 2.45) is 12.5 Å². The molecule has 1 aliphatic carbocycles. The van der Waals surface area contributed by atoms with E-state index in [1.54, 1.807) is 0 Å². The number of aromatic nitrogens is 3. The van der Waals surface area contributed by atoms with Gasteiger partial charge in [-0.2, -0.15) is 0 Å². The third kappa shape index (κ3) is 1.96. The van der Waals surface area contributed by atoms with Crippen LogP contribution >= 0.6 is 0 Å². The van der Waals surface area contributed by atoms with Gasteiger partial charge in [0.2, 0.25) is 0 Å². The van der Waals surface area contributed by atoms with E-state index in [-0.39, 0.29) is 0 Å². The van der Waals surface area contributed by atoms with Crippen molar-refractivity contribution < 1.29 is 0 Å². The number of fused-ring (bicyclic) bond motifs is 1. The van der Waals surface area contributed by atoms with Gasteiger partial charge in [-0.15, -0.1) is 0 Å². The summed E-state index contributed by atoms with van der Waals surface area (Å²) in [7, 11) is 2.01. The fourth-order valence-corrected chi connectivity index (χ4v) is 2.69. The van der Waals surface area contributed by atoms with E-state index in [0.29, 0.717) is 5.41 Å². The molecule has 0 spiro atoms. The molecule has 0 amide bonds.